The van der Waals surface area contributed by atoms with Crippen LogP contribution in [0.3, 0.4) is 0 Å². The molecule has 2 aliphatic carbocycles. The number of carboxylic acids is 2. The van der Waals surface area contributed by atoms with E-state index in [9.17, 15) is 19.7 Å². The molecule has 12 heteroatoms. The molecular weight excluding hydrogens is 544 g/mol. The van der Waals surface area contributed by atoms with Gasteiger partial charge in [-0.05, 0) is 57.8 Å². The van der Waals surface area contributed by atoms with Crippen LogP contribution in [0.2, 0.25) is 0 Å². The molecule has 0 bridgehead atoms. The van der Waals surface area contributed by atoms with E-state index in [-0.39, 0.29) is 35.8 Å². The lowest BCUT2D eigenvalue weighted by Crippen LogP contribution is -2.53. The largest absolute Gasteiger partial charge is 0.473 e. The number of carboxylic acid groups (broad SMARTS) is 2. The first-order valence-electron chi connectivity index (χ1n) is 15.1. The molecule has 3 rings (SSSR count). The number of carbonyl (C=O) groups is 4. The second-order valence-corrected chi connectivity index (χ2v) is 10.9. The van der Waals surface area contributed by atoms with E-state index in [2.05, 4.69) is 23.6 Å². The predicted octanol–water partition coefficient (Wildman–Crippen LogP) is 4.42. The number of hydrogen-bond donors (Lipinski definition) is 2. The summed E-state index contributed by atoms with van der Waals surface area (Å²) in [5.41, 5.74) is -0.153. The number of benzene rings is 1. The number of nitro benzene ring substituents is 1. The summed E-state index contributed by atoms with van der Waals surface area (Å²) in [5.74, 6) is -4.07. The maximum atomic E-state index is 13.9. The van der Waals surface area contributed by atoms with Gasteiger partial charge in [0.15, 0.2) is 0 Å². The van der Waals surface area contributed by atoms with Crippen molar-refractivity contribution in [3.8, 4) is 0 Å². The van der Waals surface area contributed by atoms with Crippen molar-refractivity contribution in [2.24, 2.45) is 0 Å². The van der Waals surface area contributed by atoms with Gasteiger partial charge in [-0.3, -0.25) is 19.7 Å². The molecule has 0 saturated heterocycles. The van der Waals surface area contributed by atoms with E-state index < -0.39 is 22.8 Å². The minimum absolute atomic E-state index is 0.00331. The lowest BCUT2D eigenvalue weighted by Gasteiger charge is -2.42. The zero-order chi connectivity index (χ0) is 31.1. The molecule has 2 fully saturated rings. The zero-order valence-electron chi connectivity index (χ0n) is 24.9. The van der Waals surface area contributed by atoms with Crippen LogP contribution in [0.25, 0.3) is 0 Å². The van der Waals surface area contributed by atoms with Crippen molar-refractivity contribution in [1.29, 1.82) is 0 Å². The van der Waals surface area contributed by atoms with E-state index in [4.69, 9.17) is 19.8 Å². The molecule has 0 spiro atoms. The van der Waals surface area contributed by atoms with Crippen molar-refractivity contribution in [2.75, 3.05) is 32.7 Å². The highest BCUT2D eigenvalue weighted by atomic mass is 16.6. The molecule has 0 heterocycles. The normalized spacial score (nSPS) is 15.8. The van der Waals surface area contributed by atoms with Crippen molar-refractivity contribution < 1.29 is 34.3 Å². The SMILES string of the molecule is CCN(CC)CCCN(CC(=O)N(C1CCCCC1)C1CCCCC1)C(=O)c1ccccc1[N+](=O)[O-].O=C(O)C(=O)O. The molecule has 0 aliphatic heterocycles. The summed E-state index contributed by atoms with van der Waals surface area (Å²) in [5, 5.41) is 26.4. The maximum absolute atomic E-state index is 13.9. The van der Waals surface area contributed by atoms with Crippen molar-refractivity contribution >= 4 is 29.4 Å². The van der Waals surface area contributed by atoms with Crippen LogP contribution in [-0.2, 0) is 14.4 Å². The number of hydrogen-bond acceptors (Lipinski definition) is 7. The van der Waals surface area contributed by atoms with Crippen LogP contribution in [-0.4, -0.2) is 98.4 Å². The molecule has 1 aromatic carbocycles. The first kappa shape index (κ1) is 34.7. The molecule has 2 amide bonds. The molecule has 0 atom stereocenters. The Hall–Kier alpha value is -3.54. The first-order chi connectivity index (χ1) is 20.1. The molecule has 2 aliphatic rings. The van der Waals surface area contributed by atoms with Gasteiger partial charge in [0, 0.05) is 24.7 Å². The van der Waals surface area contributed by atoms with Gasteiger partial charge in [0.05, 0.1) is 4.92 Å². The van der Waals surface area contributed by atoms with Crippen molar-refractivity contribution in [2.45, 2.75) is 96.6 Å². The van der Waals surface area contributed by atoms with Crippen LogP contribution in [0, 0.1) is 10.1 Å². The highest BCUT2D eigenvalue weighted by molar-refractivity contribution is 6.27. The molecule has 42 heavy (non-hydrogen) atoms. The fourth-order valence-electron chi connectivity index (χ4n) is 5.93. The molecule has 0 radical (unpaired) electrons. The van der Waals surface area contributed by atoms with Crippen LogP contribution >= 0.6 is 0 Å². The molecular formula is C30H46N4O8. The minimum Gasteiger partial charge on any atom is -0.473 e. The summed E-state index contributed by atoms with van der Waals surface area (Å²) in [7, 11) is 0. The van der Waals surface area contributed by atoms with E-state index >= 15 is 0 Å². The summed E-state index contributed by atoms with van der Waals surface area (Å²) >= 11 is 0. The zero-order valence-corrected chi connectivity index (χ0v) is 24.9. The van der Waals surface area contributed by atoms with E-state index in [1.54, 1.807) is 17.0 Å². The van der Waals surface area contributed by atoms with Gasteiger partial charge >= 0.3 is 11.9 Å². The third-order valence-corrected chi connectivity index (χ3v) is 8.15. The minimum atomic E-state index is -1.82. The van der Waals surface area contributed by atoms with Crippen LogP contribution < -0.4 is 0 Å². The standard InChI is InChI=1S/C28H44N4O4.C2H2O4/c1-3-29(4-2)20-13-21-30(28(34)25-18-11-12-19-26(25)32(35)36)22-27(33)31(23-14-7-5-8-15-23)24-16-9-6-10-17-24;3-1(4)2(5)6/h11-12,18-19,23-24H,3-10,13-17,20-22H2,1-2H3;(H,3,4)(H,5,6). The first-order valence-corrected chi connectivity index (χ1v) is 15.1. The molecule has 2 saturated carbocycles. The van der Waals surface area contributed by atoms with Gasteiger partial charge in [-0.15, -0.1) is 0 Å². The van der Waals surface area contributed by atoms with Crippen molar-refractivity contribution in [3.05, 3.63) is 39.9 Å². The smallest absolute Gasteiger partial charge is 0.414 e. The highest BCUT2D eigenvalue weighted by Gasteiger charge is 2.34. The average Bonchev–Trinajstić information content (AvgIpc) is 3.00. The Morgan fingerprint density at radius 1 is 0.833 bits per heavy atom. The van der Waals surface area contributed by atoms with Gasteiger partial charge < -0.3 is 24.9 Å². The summed E-state index contributed by atoms with van der Waals surface area (Å²) in [4.78, 5) is 62.8. The third kappa shape index (κ3) is 10.7. The number of nitrogens with zero attached hydrogens (tertiary/aromatic N) is 4. The quantitative estimate of drug-likeness (QED) is 0.204. The number of amides is 2. The summed E-state index contributed by atoms with van der Waals surface area (Å²) < 4.78 is 0. The Morgan fingerprint density at radius 3 is 1.79 bits per heavy atom. The van der Waals surface area contributed by atoms with Crippen molar-refractivity contribution in [1.82, 2.24) is 14.7 Å². The van der Waals surface area contributed by atoms with Gasteiger partial charge in [0.25, 0.3) is 11.6 Å². The van der Waals surface area contributed by atoms with Crippen LogP contribution in [0.15, 0.2) is 24.3 Å². The molecule has 1 aromatic rings. The third-order valence-electron chi connectivity index (χ3n) is 8.15. The summed E-state index contributed by atoms with van der Waals surface area (Å²) in [6.45, 7) is 7.25. The predicted molar refractivity (Wildman–Crippen MR) is 157 cm³/mol. The lowest BCUT2D eigenvalue weighted by atomic mass is 9.88. The second-order valence-electron chi connectivity index (χ2n) is 10.9. The van der Waals surface area contributed by atoms with Crippen molar-refractivity contribution in [3.63, 3.8) is 0 Å². The van der Waals surface area contributed by atoms with Gasteiger partial charge in [0.2, 0.25) is 5.91 Å². The average molecular weight is 591 g/mol. The molecule has 234 valence electrons. The topological polar surface area (TPSA) is 162 Å². The number of carbonyl (C=O) groups excluding carboxylic acids is 2. The summed E-state index contributed by atoms with van der Waals surface area (Å²) in [6.07, 6.45) is 11.8. The summed E-state index contributed by atoms with van der Waals surface area (Å²) in [6, 6.07) is 6.56. The maximum Gasteiger partial charge on any atom is 0.414 e. The number of nitro groups is 1. The Morgan fingerprint density at radius 2 is 1.33 bits per heavy atom. The van der Waals surface area contributed by atoms with Gasteiger partial charge in [-0.2, -0.15) is 0 Å². The van der Waals surface area contributed by atoms with E-state index in [1.807, 2.05) is 0 Å². The molecule has 2 N–H and O–H groups in total. The fraction of sp³-hybridized carbons (Fsp3) is 0.667. The van der Waals surface area contributed by atoms with Gasteiger partial charge in [0.1, 0.15) is 12.1 Å². The van der Waals surface area contributed by atoms with E-state index in [1.165, 1.54) is 25.0 Å². The van der Waals surface area contributed by atoms with Crippen LogP contribution in [0.4, 0.5) is 5.69 Å². The molecule has 12 nitrogen and oxygen atoms in total. The van der Waals surface area contributed by atoms with Gasteiger partial charge in [-0.1, -0.05) is 64.5 Å². The number of aliphatic carboxylic acids is 2. The Balaban J connectivity index is 0.000000928. The van der Waals surface area contributed by atoms with Crippen LogP contribution in [0.5, 0.6) is 0 Å². The lowest BCUT2D eigenvalue weighted by molar-refractivity contribution is -0.385. The fourth-order valence-corrected chi connectivity index (χ4v) is 5.93. The monoisotopic (exact) mass is 590 g/mol. The molecule has 0 unspecified atom stereocenters. The van der Waals surface area contributed by atoms with Crippen LogP contribution in [0.1, 0.15) is 94.8 Å². The number of rotatable bonds is 12. The number of para-hydroxylation sites is 1. The van der Waals surface area contributed by atoms with E-state index in [0.717, 1.165) is 71.0 Å². The second kappa shape index (κ2) is 18.1. The van der Waals surface area contributed by atoms with Gasteiger partial charge in [-0.25, -0.2) is 9.59 Å². The highest BCUT2D eigenvalue weighted by Crippen LogP contribution is 2.31. The Labute approximate surface area is 247 Å². The Kier molecular flexibility index (Phi) is 14.9. The molecule has 0 aromatic heterocycles. The van der Waals surface area contributed by atoms with E-state index in [0.29, 0.717) is 13.0 Å². The Bertz CT molecular complexity index is 1020.